The fraction of sp³-hybridized carbons (Fsp3) is 0.588. The number of nitrogens with zero attached hydrogens (tertiary/aromatic N) is 3. The van der Waals surface area contributed by atoms with Crippen molar-refractivity contribution in [3.8, 4) is 0 Å². The third-order valence-electron chi connectivity index (χ3n) is 4.36. The van der Waals surface area contributed by atoms with E-state index in [0.717, 1.165) is 27.8 Å². The van der Waals surface area contributed by atoms with Gasteiger partial charge in [-0.05, 0) is 39.0 Å². The van der Waals surface area contributed by atoms with E-state index in [-0.39, 0.29) is 11.8 Å². The lowest BCUT2D eigenvalue weighted by atomic mass is 9.97. The Morgan fingerprint density at radius 1 is 1.39 bits per heavy atom. The highest BCUT2D eigenvalue weighted by molar-refractivity contribution is 7.19. The molecule has 2 heterocycles. The number of rotatable bonds is 5. The number of carbonyl (C=O) groups excluding carboxylic acids is 1. The number of nitrogens with one attached hydrogen (secondary N) is 1. The Balaban J connectivity index is 1.68. The van der Waals surface area contributed by atoms with E-state index in [2.05, 4.69) is 35.4 Å². The maximum Gasteiger partial charge on any atom is 0.263 e. The molecule has 0 radical (unpaired) electrons. The molecule has 0 saturated heterocycles. The van der Waals surface area contributed by atoms with Gasteiger partial charge in [-0.3, -0.25) is 9.20 Å². The number of aryl methyl sites for hydroxylation is 1. The molecule has 0 saturated carbocycles. The lowest BCUT2D eigenvalue weighted by Gasteiger charge is -2.12. The number of amides is 1. The fourth-order valence-electron chi connectivity index (χ4n) is 3.06. The topological polar surface area (TPSA) is 59.3 Å². The Morgan fingerprint density at radius 2 is 2.22 bits per heavy atom. The van der Waals surface area contributed by atoms with Crippen LogP contribution in [0.25, 0.3) is 4.96 Å². The van der Waals surface area contributed by atoms with Crippen LogP contribution in [0.2, 0.25) is 0 Å². The Kier molecular flexibility index (Phi) is 4.80. The molecule has 0 spiro atoms. The van der Waals surface area contributed by atoms with E-state index >= 15 is 0 Å². The molecule has 0 bridgehead atoms. The van der Waals surface area contributed by atoms with Crippen LogP contribution in [-0.4, -0.2) is 27.0 Å². The number of carbonyl (C=O) groups is 1. The van der Waals surface area contributed by atoms with Crippen molar-refractivity contribution < 1.29 is 4.79 Å². The number of thiazole rings is 1. The van der Waals surface area contributed by atoms with Gasteiger partial charge in [0.25, 0.3) is 5.91 Å². The van der Waals surface area contributed by atoms with Gasteiger partial charge in [-0.25, -0.2) is 0 Å². The number of fused-ring (bicyclic) bond motifs is 1. The molecule has 23 heavy (non-hydrogen) atoms. The molecule has 1 amide bonds. The number of hydrogen-bond acceptors (Lipinski definition) is 4. The minimum absolute atomic E-state index is 0.00381. The molecule has 0 unspecified atom stereocenters. The average Bonchev–Trinajstić information content (AvgIpc) is 3.09. The van der Waals surface area contributed by atoms with Crippen molar-refractivity contribution in [1.82, 2.24) is 19.9 Å². The van der Waals surface area contributed by atoms with Crippen LogP contribution in [-0.2, 0) is 0 Å². The molecule has 0 aliphatic heterocycles. The van der Waals surface area contributed by atoms with E-state index < -0.39 is 0 Å². The summed E-state index contributed by atoms with van der Waals surface area (Å²) in [7, 11) is 0. The minimum Gasteiger partial charge on any atom is -0.351 e. The summed E-state index contributed by atoms with van der Waals surface area (Å²) in [4.78, 5) is 14.0. The molecule has 0 fully saturated rings. The van der Waals surface area contributed by atoms with E-state index in [0.29, 0.717) is 6.54 Å². The summed E-state index contributed by atoms with van der Waals surface area (Å²) in [5.41, 5.74) is 2.42. The van der Waals surface area contributed by atoms with E-state index in [4.69, 9.17) is 0 Å². The van der Waals surface area contributed by atoms with Crippen molar-refractivity contribution in [2.24, 2.45) is 0 Å². The standard InChI is InChI=1S/C17H24N4OS/c1-11(2)15-19-20-17-21(15)12(3)14(23-17)16(22)18-10-9-13-7-5-4-6-8-13/h7,11H,4-6,8-10H2,1-3H3,(H,18,22). The zero-order valence-corrected chi connectivity index (χ0v) is 14.9. The van der Waals surface area contributed by atoms with E-state index in [9.17, 15) is 4.79 Å². The second-order valence-electron chi connectivity index (χ2n) is 6.46. The average molecular weight is 332 g/mol. The van der Waals surface area contributed by atoms with Crippen LogP contribution in [0.3, 0.4) is 0 Å². The SMILES string of the molecule is Cc1c(C(=O)NCCC2=CCCCC2)sc2nnc(C(C)C)n12. The summed E-state index contributed by atoms with van der Waals surface area (Å²) in [5.74, 6) is 1.21. The summed E-state index contributed by atoms with van der Waals surface area (Å²) >= 11 is 1.42. The Bertz CT molecular complexity index is 741. The van der Waals surface area contributed by atoms with Gasteiger partial charge in [-0.2, -0.15) is 0 Å². The van der Waals surface area contributed by atoms with Crippen LogP contribution in [0.4, 0.5) is 0 Å². The van der Waals surface area contributed by atoms with Gasteiger partial charge in [0.2, 0.25) is 4.96 Å². The van der Waals surface area contributed by atoms with Crippen molar-refractivity contribution in [1.29, 1.82) is 0 Å². The molecule has 2 aromatic heterocycles. The van der Waals surface area contributed by atoms with Crippen molar-refractivity contribution >= 4 is 22.2 Å². The summed E-state index contributed by atoms with van der Waals surface area (Å²) in [5, 5.41) is 11.5. The zero-order chi connectivity index (χ0) is 16.4. The van der Waals surface area contributed by atoms with Crippen LogP contribution in [0.1, 0.15) is 73.1 Å². The Morgan fingerprint density at radius 3 is 2.91 bits per heavy atom. The van der Waals surface area contributed by atoms with Gasteiger partial charge in [0.15, 0.2) is 0 Å². The molecule has 5 nitrogen and oxygen atoms in total. The maximum atomic E-state index is 12.5. The fourth-order valence-corrected chi connectivity index (χ4v) is 4.05. The molecule has 3 rings (SSSR count). The molecular formula is C17H24N4OS. The largest absolute Gasteiger partial charge is 0.351 e. The highest BCUT2D eigenvalue weighted by atomic mass is 32.1. The molecule has 1 aliphatic carbocycles. The van der Waals surface area contributed by atoms with E-state index in [1.54, 1.807) is 0 Å². The van der Waals surface area contributed by atoms with E-state index in [1.807, 2.05) is 11.3 Å². The van der Waals surface area contributed by atoms with Crippen LogP contribution in [0.5, 0.6) is 0 Å². The van der Waals surface area contributed by atoms with Crippen molar-refractivity contribution in [2.75, 3.05) is 6.54 Å². The predicted molar refractivity (Wildman–Crippen MR) is 93.2 cm³/mol. The molecule has 0 aromatic carbocycles. The highest BCUT2D eigenvalue weighted by Crippen LogP contribution is 2.25. The first-order chi connectivity index (χ1) is 11.1. The monoisotopic (exact) mass is 332 g/mol. The van der Waals surface area contributed by atoms with E-state index in [1.165, 1.54) is 42.6 Å². The van der Waals surface area contributed by atoms with Crippen molar-refractivity contribution in [3.63, 3.8) is 0 Å². The summed E-state index contributed by atoms with van der Waals surface area (Å²) in [6, 6.07) is 0. The Hall–Kier alpha value is -1.69. The number of hydrogen-bond donors (Lipinski definition) is 1. The first-order valence-corrected chi connectivity index (χ1v) is 9.20. The summed E-state index contributed by atoms with van der Waals surface area (Å²) in [6.45, 7) is 6.85. The second kappa shape index (κ2) is 6.83. The quantitative estimate of drug-likeness (QED) is 0.846. The normalized spacial score (nSPS) is 15.2. The second-order valence-corrected chi connectivity index (χ2v) is 7.44. The number of aromatic nitrogens is 3. The van der Waals surface area contributed by atoms with Gasteiger partial charge in [-0.15, -0.1) is 10.2 Å². The molecule has 124 valence electrons. The molecule has 1 aliphatic rings. The van der Waals surface area contributed by atoms with Gasteiger partial charge >= 0.3 is 0 Å². The van der Waals surface area contributed by atoms with Gasteiger partial charge in [0.05, 0.1) is 0 Å². The zero-order valence-electron chi connectivity index (χ0n) is 14.1. The highest BCUT2D eigenvalue weighted by Gasteiger charge is 2.20. The third kappa shape index (κ3) is 3.32. The molecule has 2 aromatic rings. The lowest BCUT2D eigenvalue weighted by molar-refractivity contribution is 0.0957. The third-order valence-corrected chi connectivity index (χ3v) is 5.49. The smallest absolute Gasteiger partial charge is 0.263 e. The van der Waals surface area contributed by atoms with Crippen molar-refractivity contribution in [2.45, 2.75) is 58.8 Å². The van der Waals surface area contributed by atoms with Crippen LogP contribution in [0.15, 0.2) is 11.6 Å². The van der Waals surface area contributed by atoms with Gasteiger partial charge in [-0.1, -0.05) is 36.8 Å². The predicted octanol–water partition coefficient (Wildman–Crippen LogP) is 3.84. The Labute approximate surface area is 140 Å². The van der Waals surface area contributed by atoms with Gasteiger partial charge < -0.3 is 5.32 Å². The first-order valence-electron chi connectivity index (χ1n) is 8.38. The molecular weight excluding hydrogens is 308 g/mol. The van der Waals surface area contributed by atoms with Crippen molar-refractivity contribution in [3.05, 3.63) is 28.0 Å². The summed E-state index contributed by atoms with van der Waals surface area (Å²) < 4.78 is 2.01. The molecule has 1 N–H and O–H groups in total. The molecule has 0 atom stereocenters. The van der Waals surface area contributed by atoms with Gasteiger partial charge in [0, 0.05) is 18.2 Å². The van der Waals surface area contributed by atoms with Crippen LogP contribution >= 0.6 is 11.3 Å². The van der Waals surface area contributed by atoms with Crippen LogP contribution < -0.4 is 5.32 Å². The number of allylic oxidation sites excluding steroid dienone is 1. The molecule has 6 heteroatoms. The minimum atomic E-state index is 0.00381. The van der Waals surface area contributed by atoms with Gasteiger partial charge in [0.1, 0.15) is 10.7 Å². The maximum absolute atomic E-state index is 12.5. The summed E-state index contributed by atoms with van der Waals surface area (Å²) in [6.07, 6.45) is 8.26. The lowest BCUT2D eigenvalue weighted by Crippen LogP contribution is -2.25. The van der Waals surface area contributed by atoms with Crippen LogP contribution in [0, 0.1) is 6.92 Å². The first kappa shape index (κ1) is 16.2.